The number of hydrogen-bond acceptors (Lipinski definition) is 3. The summed E-state index contributed by atoms with van der Waals surface area (Å²) in [7, 11) is 1.61. The highest BCUT2D eigenvalue weighted by molar-refractivity contribution is 6.32. The van der Waals surface area contributed by atoms with Gasteiger partial charge in [-0.2, -0.15) is 0 Å². The van der Waals surface area contributed by atoms with Gasteiger partial charge in [-0.1, -0.05) is 23.7 Å². The van der Waals surface area contributed by atoms with E-state index in [1.54, 1.807) is 7.11 Å². The first kappa shape index (κ1) is 13.8. The van der Waals surface area contributed by atoms with Crippen LogP contribution in [0.5, 0.6) is 5.75 Å². The normalized spacial score (nSPS) is 10.5. The molecule has 0 fully saturated rings. The van der Waals surface area contributed by atoms with Crippen LogP contribution in [0.3, 0.4) is 0 Å². The van der Waals surface area contributed by atoms with E-state index < -0.39 is 0 Å². The van der Waals surface area contributed by atoms with Crippen LogP contribution in [-0.2, 0) is 13.1 Å². The second-order valence-corrected chi connectivity index (χ2v) is 4.79. The molecule has 3 nitrogen and oxygen atoms in total. The number of aromatic nitrogens is 1. The van der Waals surface area contributed by atoms with Gasteiger partial charge >= 0.3 is 0 Å². The van der Waals surface area contributed by atoms with Gasteiger partial charge in [0.25, 0.3) is 0 Å². The number of benzene rings is 1. The zero-order valence-corrected chi connectivity index (χ0v) is 11.9. The molecule has 0 aliphatic heterocycles. The largest absolute Gasteiger partial charge is 0.495 e. The molecule has 2 rings (SSSR count). The minimum atomic E-state index is 0.638. The summed E-state index contributed by atoms with van der Waals surface area (Å²) >= 11 is 6.08. The fourth-order valence-electron chi connectivity index (χ4n) is 1.77. The minimum absolute atomic E-state index is 0.638. The monoisotopic (exact) mass is 276 g/mol. The van der Waals surface area contributed by atoms with E-state index in [-0.39, 0.29) is 0 Å². The first-order chi connectivity index (χ1) is 9.19. The van der Waals surface area contributed by atoms with Crippen molar-refractivity contribution in [2.24, 2.45) is 0 Å². The van der Waals surface area contributed by atoms with Gasteiger partial charge in [-0.15, -0.1) is 0 Å². The molecule has 0 amide bonds. The van der Waals surface area contributed by atoms with Crippen LogP contribution in [0, 0.1) is 6.92 Å². The first-order valence-electron chi connectivity index (χ1n) is 6.13. The number of ether oxygens (including phenoxy) is 1. The molecule has 0 atom stereocenters. The summed E-state index contributed by atoms with van der Waals surface area (Å²) < 4.78 is 5.12. The molecule has 1 N–H and O–H groups in total. The summed E-state index contributed by atoms with van der Waals surface area (Å²) in [4.78, 5) is 4.26. The highest BCUT2D eigenvalue weighted by Gasteiger charge is 2.01. The Bertz CT molecular complexity index is 540. The van der Waals surface area contributed by atoms with Crippen molar-refractivity contribution in [2.45, 2.75) is 20.0 Å². The van der Waals surface area contributed by atoms with E-state index in [0.717, 1.165) is 24.3 Å². The average molecular weight is 277 g/mol. The summed E-state index contributed by atoms with van der Waals surface area (Å²) in [5.41, 5.74) is 3.33. The number of hydrogen-bond donors (Lipinski definition) is 1. The number of halogens is 1. The average Bonchev–Trinajstić information content (AvgIpc) is 2.41. The summed E-state index contributed by atoms with van der Waals surface area (Å²) in [5, 5.41) is 4.00. The maximum atomic E-state index is 6.08. The molecular weight excluding hydrogens is 260 g/mol. The van der Waals surface area contributed by atoms with Crippen LogP contribution in [0.15, 0.2) is 36.5 Å². The predicted octanol–water partition coefficient (Wildman–Crippen LogP) is 3.34. The van der Waals surface area contributed by atoms with Crippen LogP contribution in [0.1, 0.15) is 16.8 Å². The molecule has 0 saturated carbocycles. The zero-order valence-electron chi connectivity index (χ0n) is 11.1. The Morgan fingerprint density at radius 1 is 1.16 bits per heavy atom. The smallest absolute Gasteiger partial charge is 0.137 e. The lowest BCUT2D eigenvalue weighted by Crippen LogP contribution is -2.12. The lowest BCUT2D eigenvalue weighted by molar-refractivity contribution is 0.415. The molecule has 0 bridgehead atoms. The minimum Gasteiger partial charge on any atom is -0.495 e. The topological polar surface area (TPSA) is 34.1 Å². The maximum Gasteiger partial charge on any atom is 0.137 e. The van der Waals surface area contributed by atoms with Crippen molar-refractivity contribution >= 4 is 11.6 Å². The molecule has 19 heavy (non-hydrogen) atoms. The first-order valence-corrected chi connectivity index (χ1v) is 6.51. The molecule has 1 heterocycles. The van der Waals surface area contributed by atoms with Crippen LogP contribution in [0.2, 0.25) is 5.02 Å². The fraction of sp³-hybridized carbons (Fsp3) is 0.267. The van der Waals surface area contributed by atoms with Crippen LogP contribution < -0.4 is 10.1 Å². The van der Waals surface area contributed by atoms with Crippen molar-refractivity contribution in [1.29, 1.82) is 0 Å². The summed E-state index contributed by atoms with van der Waals surface area (Å²) in [6, 6.07) is 9.90. The Kier molecular flexibility index (Phi) is 4.77. The maximum absolute atomic E-state index is 6.08. The van der Waals surface area contributed by atoms with E-state index in [9.17, 15) is 0 Å². The Morgan fingerprint density at radius 3 is 2.53 bits per heavy atom. The van der Waals surface area contributed by atoms with Crippen molar-refractivity contribution in [3.05, 3.63) is 58.4 Å². The molecule has 100 valence electrons. The number of nitrogens with one attached hydrogen (secondary N) is 1. The standard InChI is InChI=1S/C15H17ClN2O/c1-11-3-4-13(10-18-11)9-17-8-12-5-6-15(19-2)14(16)7-12/h3-7,10,17H,8-9H2,1-2H3. The van der Waals surface area contributed by atoms with Gasteiger partial charge in [0.2, 0.25) is 0 Å². The molecule has 1 aromatic heterocycles. The zero-order chi connectivity index (χ0) is 13.7. The van der Waals surface area contributed by atoms with E-state index in [1.165, 1.54) is 5.56 Å². The van der Waals surface area contributed by atoms with Gasteiger partial charge < -0.3 is 10.1 Å². The van der Waals surface area contributed by atoms with Gasteiger partial charge in [0.1, 0.15) is 5.75 Å². The van der Waals surface area contributed by atoms with Gasteiger partial charge in [0.05, 0.1) is 12.1 Å². The highest BCUT2D eigenvalue weighted by atomic mass is 35.5. The molecule has 0 aliphatic rings. The van der Waals surface area contributed by atoms with E-state index in [1.807, 2.05) is 37.4 Å². The third kappa shape index (κ3) is 3.94. The molecule has 4 heteroatoms. The van der Waals surface area contributed by atoms with Crippen molar-refractivity contribution in [2.75, 3.05) is 7.11 Å². The summed E-state index contributed by atoms with van der Waals surface area (Å²) in [6.45, 7) is 3.53. The highest BCUT2D eigenvalue weighted by Crippen LogP contribution is 2.24. The molecule has 0 aliphatic carbocycles. The second kappa shape index (κ2) is 6.55. The van der Waals surface area contributed by atoms with E-state index in [0.29, 0.717) is 10.8 Å². The van der Waals surface area contributed by atoms with Gasteiger partial charge in [0.15, 0.2) is 0 Å². The van der Waals surface area contributed by atoms with Crippen molar-refractivity contribution in [3.63, 3.8) is 0 Å². The Hall–Kier alpha value is -1.58. The van der Waals surface area contributed by atoms with Gasteiger partial charge in [-0.3, -0.25) is 4.98 Å². The van der Waals surface area contributed by atoms with Gasteiger partial charge in [0, 0.05) is 25.0 Å². The Balaban J connectivity index is 1.88. The number of nitrogens with zero attached hydrogens (tertiary/aromatic N) is 1. The van der Waals surface area contributed by atoms with Crippen LogP contribution in [0.25, 0.3) is 0 Å². The van der Waals surface area contributed by atoms with E-state index in [2.05, 4.69) is 16.4 Å². The van der Waals surface area contributed by atoms with Crippen molar-refractivity contribution < 1.29 is 4.74 Å². The van der Waals surface area contributed by atoms with E-state index >= 15 is 0 Å². The Morgan fingerprint density at radius 2 is 1.89 bits per heavy atom. The lowest BCUT2D eigenvalue weighted by atomic mass is 10.2. The van der Waals surface area contributed by atoms with E-state index in [4.69, 9.17) is 16.3 Å². The summed E-state index contributed by atoms with van der Waals surface area (Å²) in [5.74, 6) is 0.702. The lowest BCUT2D eigenvalue weighted by Gasteiger charge is -2.08. The van der Waals surface area contributed by atoms with Crippen LogP contribution >= 0.6 is 11.6 Å². The molecule has 0 unspecified atom stereocenters. The SMILES string of the molecule is COc1ccc(CNCc2ccc(C)nc2)cc1Cl. The van der Waals surface area contributed by atoms with Crippen molar-refractivity contribution in [3.8, 4) is 5.75 Å². The number of aryl methyl sites for hydroxylation is 1. The van der Waals surface area contributed by atoms with Gasteiger partial charge in [-0.05, 0) is 36.2 Å². The summed E-state index contributed by atoms with van der Waals surface area (Å²) in [6.07, 6.45) is 1.89. The molecule has 0 spiro atoms. The number of methoxy groups -OCH3 is 1. The fourth-order valence-corrected chi connectivity index (χ4v) is 2.05. The third-order valence-electron chi connectivity index (χ3n) is 2.85. The quantitative estimate of drug-likeness (QED) is 0.909. The molecule has 0 saturated heterocycles. The van der Waals surface area contributed by atoms with Crippen molar-refractivity contribution in [1.82, 2.24) is 10.3 Å². The number of rotatable bonds is 5. The van der Waals surface area contributed by atoms with Crippen LogP contribution in [0.4, 0.5) is 0 Å². The third-order valence-corrected chi connectivity index (χ3v) is 3.14. The molecule has 1 aromatic carbocycles. The number of pyridine rings is 1. The van der Waals surface area contributed by atoms with Gasteiger partial charge in [-0.25, -0.2) is 0 Å². The molecular formula is C15H17ClN2O. The molecule has 0 radical (unpaired) electrons. The predicted molar refractivity (Wildman–Crippen MR) is 77.5 cm³/mol. The Labute approximate surface area is 118 Å². The van der Waals surface area contributed by atoms with Crippen LogP contribution in [-0.4, -0.2) is 12.1 Å². The molecule has 2 aromatic rings. The second-order valence-electron chi connectivity index (χ2n) is 4.38.